The average molecular weight is 318 g/mol. The van der Waals surface area contributed by atoms with Crippen LogP contribution in [0.15, 0.2) is 48.9 Å². The molecule has 0 amide bonds. The van der Waals surface area contributed by atoms with Crippen molar-refractivity contribution in [2.75, 3.05) is 13.1 Å². The highest BCUT2D eigenvalue weighted by molar-refractivity contribution is 5.93. The van der Waals surface area contributed by atoms with Gasteiger partial charge in [0.1, 0.15) is 5.82 Å². The fraction of sp³-hybridized carbons (Fsp3) is 0.300. The van der Waals surface area contributed by atoms with E-state index in [0.717, 1.165) is 37.6 Å². The first-order chi connectivity index (χ1) is 11.7. The summed E-state index contributed by atoms with van der Waals surface area (Å²) in [5.41, 5.74) is 3.77. The van der Waals surface area contributed by atoms with Crippen molar-refractivity contribution in [1.29, 1.82) is 0 Å². The molecule has 0 unspecified atom stereocenters. The lowest BCUT2D eigenvalue weighted by atomic mass is 9.96. The molecular weight excluding hydrogens is 296 g/mol. The molecule has 1 aromatic carbocycles. The number of nitrogens with zero attached hydrogens (tertiary/aromatic N) is 4. The Morgan fingerprint density at radius 2 is 2.04 bits per heavy atom. The third-order valence-corrected chi connectivity index (χ3v) is 4.77. The predicted octanol–water partition coefficient (Wildman–Crippen LogP) is 3.57. The summed E-state index contributed by atoms with van der Waals surface area (Å²) in [5.74, 6) is 1.14. The van der Waals surface area contributed by atoms with Crippen molar-refractivity contribution in [3.63, 3.8) is 0 Å². The fourth-order valence-electron chi connectivity index (χ4n) is 3.48. The van der Waals surface area contributed by atoms with E-state index in [0.29, 0.717) is 0 Å². The fourth-order valence-corrected chi connectivity index (χ4v) is 3.48. The zero-order chi connectivity index (χ0) is 16.5. The number of fused-ring (bicyclic) bond motifs is 1. The molecule has 0 fully saturated rings. The molecule has 3 heterocycles. The third-order valence-electron chi connectivity index (χ3n) is 4.77. The molecule has 0 aliphatic carbocycles. The second-order valence-electron chi connectivity index (χ2n) is 6.53. The van der Waals surface area contributed by atoms with Crippen LogP contribution in [0.4, 0.5) is 0 Å². The standard InChI is InChI=1S/C20H22N4/c1-15-13-23(2)20(22-15)14-24-9-7-16(8-10-24)19-12-21-11-17-5-3-4-6-18(17)19/h3-7,11-13H,8-10,14H2,1-2H3. The molecule has 4 rings (SSSR count). The van der Waals surface area contributed by atoms with Gasteiger partial charge in [-0.15, -0.1) is 0 Å². The van der Waals surface area contributed by atoms with Gasteiger partial charge in [-0.3, -0.25) is 9.88 Å². The first-order valence-electron chi connectivity index (χ1n) is 8.44. The summed E-state index contributed by atoms with van der Waals surface area (Å²) in [7, 11) is 2.07. The van der Waals surface area contributed by atoms with E-state index < -0.39 is 0 Å². The van der Waals surface area contributed by atoms with Gasteiger partial charge in [0.2, 0.25) is 0 Å². The molecule has 0 N–H and O–H groups in total. The van der Waals surface area contributed by atoms with E-state index in [2.05, 4.69) is 63.0 Å². The summed E-state index contributed by atoms with van der Waals surface area (Å²) in [6.45, 7) is 4.97. The second-order valence-corrected chi connectivity index (χ2v) is 6.53. The van der Waals surface area contributed by atoms with Crippen molar-refractivity contribution in [1.82, 2.24) is 19.4 Å². The highest BCUT2D eigenvalue weighted by Crippen LogP contribution is 2.28. The number of aryl methyl sites for hydroxylation is 2. The second kappa shape index (κ2) is 6.21. The van der Waals surface area contributed by atoms with Gasteiger partial charge in [0.25, 0.3) is 0 Å². The van der Waals surface area contributed by atoms with E-state index >= 15 is 0 Å². The highest BCUT2D eigenvalue weighted by atomic mass is 15.2. The van der Waals surface area contributed by atoms with Crippen LogP contribution in [0.2, 0.25) is 0 Å². The number of rotatable bonds is 3. The number of pyridine rings is 1. The third kappa shape index (κ3) is 2.85. The summed E-state index contributed by atoms with van der Waals surface area (Å²) >= 11 is 0. The molecule has 122 valence electrons. The number of aromatic nitrogens is 3. The Bertz CT molecular complexity index is 902. The lowest BCUT2D eigenvalue weighted by molar-refractivity contribution is 0.283. The van der Waals surface area contributed by atoms with Crippen LogP contribution in [0.5, 0.6) is 0 Å². The molecule has 4 nitrogen and oxygen atoms in total. The van der Waals surface area contributed by atoms with Crippen molar-refractivity contribution in [2.24, 2.45) is 7.05 Å². The minimum Gasteiger partial charge on any atom is -0.337 e. The summed E-state index contributed by atoms with van der Waals surface area (Å²) < 4.78 is 2.13. The Hall–Kier alpha value is -2.46. The molecule has 0 bridgehead atoms. The van der Waals surface area contributed by atoms with Gasteiger partial charge in [0.05, 0.1) is 12.2 Å². The van der Waals surface area contributed by atoms with Gasteiger partial charge in [-0.1, -0.05) is 30.3 Å². The molecule has 3 aromatic rings. The maximum Gasteiger partial charge on any atom is 0.122 e. The van der Waals surface area contributed by atoms with E-state index in [4.69, 9.17) is 0 Å². The van der Waals surface area contributed by atoms with Crippen LogP contribution >= 0.6 is 0 Å². The topological polar surface area (TPSA) is 34.0 Å². The van der Waals surface area contributed by atoms with Gasteiger partial charge in [0.15, 0.2) is 0 Å². The van der Waals surface area contributed by atoms with Crippen molar-refractivity contribution < 1.29 is 0 Å². The van der Waals surface area contributed by atoms with Crippen LogP contribution in [0, 0.1) is 6.92 Å². The summed E-state index contributed by atoms with van der Waals surface area (Å²) in [6, 6.07) is 8.49. The van der Waals surface area contributed by atoms with Gasteiger partial charge in [-0.05, 0) is 24.3 Å². The van der Waals surface area contributed by atoms with Crippen molar-refractivity contribution >= 4 is 16.3 Å². The number of hydrogen-bond donors (Lipinski definition) is 0. The first-order valence-corrected chi connectivity index (χ1v) is 8.44. The molecule has 1 aliphatic rings. The zero-order valence-corrected chi connectivity index (χ0v) is 14.2. The summed E-state index contributed by atoms with van der Waals surface area (Å²) in [6.07, 6.45) is 9.44. The van der Waals surface area contributed by atoms with Crippen LogP contribution in [0.25, 0.3) is 16.3 Å². The van der Waals surface area contributed by atoms with Gasteiger partial charge in [-0.2, -0.15) is 0 Å². The normalized spacial score (nSPS) is 15.7. The van der Waals surface area contributed by atoms with Crippen LogP contribution < -0.4 is 0 Å². The van der Waals surface area contributed by atoms with Crippen LogP contribution in [-0.4, -0.2) is 32.5 Å². The lowest BCUT2D eigenvalue weighted by Gasteiger charge is -2.26. The largest absolute Gasteiger partial charge is 0.337 e. The van der Waals surface area contributed by atoms with Gasteiger partial charge in [-0.25, -0.2) is 4.98 Å². The smallest absolute Gasteiger partial charge is 0.122 e. The Kier molecular flexibility index (Phi) is 3.90. The van der Waals surface area contributed by atoms with Crippen molar-refractivity contribution in [2.45, 2.75) is 19.9 Å². The molecular formula is C20H22N4. The summed E-state index contributed by atoms with van der Waals surface area (Å²) in [4.78, 5) is 11.5. The average Bonchev–Trinajstić information content (AvgIpc) is 2.92. The van der Waals surface area contributed by atoms with Gasteiger partial charge >= 0.3 is 0 Å². The zero-order valence-electron chi connectivity index (χ0n) is 14.2. The van der Waals surface area contributed by atoms with E-state index in [1.165, 1.54) is 21.9 Å². The molecule has 0 saturated heterocycles. The minimum atomic E-state index is 0.905. The monoisotopic (exact) mass is 318 g/mol. The van der Waals surface area contributed by atoms with Gasteiger partial charge < -0.3 is 4.57 Å². The van der Waals surface area contributed by atoms with Crippen molar-refractivity contribution in [3.8, 4) is 0 Å². The minimum absolute atomic E-state index is 0.905. The molecule has 0 radical (unpaired) electrons. The van der Waals surface area contributed by atoms with Crippen LogP contribution in [-0.2, 0) is 13.6 Å². The summed E-state index contributed by atoms with van der Waals surface area (Å²) in [5, 5.41) is 2.51. The van der Waals surface area contributed by atoms with Crippen LogP contribution in [0.1, 0.15) is 23.5 Å². The van der Waals surface area contributed by atoms with Gasteiger partial charge in [0, 0.05) is 49.7 Å². The Balaban J connectivity index is 1.55. The number of imidazole rings is 1. The molecule has 0 atom stereocenters. The Morgan fingerprint density at radius 1 is 1.17 bits per heavy atom. The number of benzene rings is 1. The predicted molar refractivity (Wildman–Crippen MR) is 97.6 cm³/mol. The highest BCUT2D eigenvalue weighted by Gasteiger charge is 2.16. The van der Waals surface area contributed by atoms with E-state index in [9.17, 15) is 0 Å². The van der Waals surface area contributed by atoms with Crippen molar-refractivity contribution in [3.05, 3.63) is 66.0 Å². The van der Waals surface area contributed by atoms with E-state index in [1.807, 2.05) is 19.3 Å². The Labute approximate surface area is 142 Å². The molecule has 0 saturated carbocycles. The van der Waals surface area contributed by atoms with Crippen LogP contribution in [0.3, 0.4) is 0 Å². The maximum absolute atomic E-state index is 4.61. The first kappa shape index (κ1) is 15.1. The Morgan fingerprint density at radius 3 is 2.79 bits per heavy atom. The molecule has 4 heteroatoms. The molecule has 0 spiro atoms. The lowest BCUT2D eigenvalue weighted by Crippen LogP contribution is -2.29. The molecule has 24 heavy (non-hydrogen) atoms. The van der Waals surface area contributed by atoms with E-state index in [1.54, 1.807) is 0 Å². The SMILES string of the molecule is Cc1cn(C)c(CN2CC=C(c3cncc4ccccc34)CC2)n1. The quantitative estimate of drug-likeness (QED) is 0.740. The maximum atomic E-state index is 4.61. The number of hydrogen-bond acceptors (Lipinski definition) is 3. The molecule has 2 aromatic heterocycles. The molecule has 1 aliphatic heterocycles. The van der Waals surface area contributed by atoms with E-state index in [-0.39, 0.29) is 0 Å².